The molecule has 0 aliphatic heterocycles. The summed E-state index contributed by atoms with van der Waals surface area (Å²) in [5.74, 6) is -4.51. The molecule has 0 amide bonds. The van der Waals surface area contributed by atoms with E-state index in [2.05, 4.69) is 15.0 Å². The number of rotatable bonds is 6. The molecule has 9 nitrogen and oxygen atoms in total. The monoisotopic (exact) mass is 886 g/mol. The number of halogens is 6. The summed E-state index contributed by atoms with van der Waals surface area (Å²) >= 11 is 5.84. The van der Waals surface area contributed by atoms with Crippen LogP contribution < -0.4 is 16.7 Å². The van der Waals surface area contributed by atoms with Crippen LogP contribution in [0.3, 0.4) is 0 Å². The van der Waals surface area contributed by atoms with E-state index in [0.29, 0.717) is 34.4 Å². The molecule has 1 fully saturated rings. The molecule has 64 heavy (non-hydrogen) atoms. The van der Waals surface area contributed by atoms with E-state index < -0.39 is 34.6 Å². The number of nitrogens with zero attached hydrogens (tertiary/aromatic N) is 6. The van der Waals surface area contributed by atoms with Crippen LogP contribution in [0.5, 0.6) is 0 Å². The number of aryl methyl sites for hydroxylation is 2. The van der Waals surface area contributed by atoms with Crippen molar-refractivity contribution in [1.82, 2.24) is 28.7 Å². The maximum Gasteiger partial charge on any atom is 0.277 e. The van der Waals surface area contributed by atoms with Gasteiger partial charge in [-0.2, -0.15) is 0 Å². The normalized spacial score (nSPS) is 12.2. The van der Waals surface area contributed by atoms with Crippen LogP contribution in [0.4, 0.5) is 22.0 Å². The van der Waals surface area contributed by atoms with Crippen LogP contribution in [-0.4, -0.2) is 28.7 Å². The zero-order chi connectivity index (χ0) is 45.2. The highest BCUT2D eigenvalue weighted by atomic mass is 35.5. The molecule has 10 rings (SSSR count). The Bertz CT molecular complexity index is 3240. The lowest BCUT2D eigenvalue weighted by Gasteiger charge is -2.11. The van der Waals surface area contributed by atoms with Gasteiger partial charge in [0, 0.05) is 65.1 Å². The molecule has 3 heterocycles. The first-order valence-corrected chi connectivity index (χ1v) is 20.6. The van der Waals surface area contributed by atoms with E-state index in [4.69, 9.17) is 11.6 Å². The van der Waals surface area contributed by atoms with Crippen molar-refractivity contribution in [3.63, 3.8) is 0 Å². The fourth-order valence-corrected chi connectivity index (χ4v) is 7.45. The molecule has 6 aromatic carbocycles. The Hall–Kier alpha value is -7.32. The van der Waals surface area contributed by atoms with Crippen LogP contribution in [0.15, 0.2) is 142 Å². The van der Waals surface area contributed by atoms with Gasteiger partial charge in [-0.1, -0.05) is 66.2 Å². The summed E-state index contributed by atoms with van der Waals surface area (Å²) in [6.45, 7) is 4.07. The first-order valence-electron chi connectivity index (χ1n) is 20.2. The molecule has 0 spiro atoms. The minimum absolute atomic E-state index is 0.0254. The number of aromatic nitrogens is 6. The Balaban J connectivity index is 0.000000131. The van der Waals surface area contributed by atoms with Gasteiger partial charge >= 0.3 is 0 Å². The Morgan fingerprint density at radius 1 is 0.500 bits per heavy atom. The average Bonchev–Trinajstić information content (AvgIpc) is 4.14. The molecule has 1 aliphatic rings. The Labute approximate surface area is 366 Å². The standard InChI is InChI=1S/C17H14N2O.C16H11ClF2N2O.C16H11F3N2O/c20-17-16(12-6-2-1-3-7-12)18-14-8-4-5-9-15(14)19(17)13-10-11-13;2*1-2-21-14-8-12(19)11(18)7-13(14)20-15(16(21)22)9-3-5-10(17)6-4-9/h1-9,13H,10-11H2;2*3-8H,2H2,1H3. The third-order valence-corrected chi connectivity index (χ3v) is 10.9. The molecule has 0 saturated heterocycles. The van der Waals surface area contributed by atoms with Gasteiger partial charge < -0.3 is 13.7 Å². The molecule has 322 valence electrons. The van der Waals surface area contributed by atoms with Gasteiger partial charge in [-0.05, 0) is 75.2 Å². The van der Waals surface area contributed by atoms with Crippen molar-refractivity contribution in [3.05, 3.63) is 193 Å². The summed E-state index contributed by atoms with van der Waals surface area (Å²) in [7, 11) is 0. The molecule has 0 radical (unpaired) electrons. The van der Waals surface area contributed by atoms with E-state index in [0.717, 1.165) is 53.7 Å². The molecule has 3 aromatic heterocycles. The smallest absolute Gasteiger partial charge is 0.277 e. The summed E-state index contributed by atoms with van der Waals surface area (Å²) in [5, 5.41) is 0.536. The summed E-state index contributed by atoms with van der Waals surface area (Å²) in [5.41, 5.74) is 4.62. The molecule has 9 aromatic rings. The Morgan fingerprint density at radius 3 is 1.42 bits per heavy atom. The molecular formula is C49H36ClF5N6O3. The van der Waals surface area contributed by atoms with Crippen molar-refractivity contribution in [3.8, 4) is 33.8 Å². The third-order valence-electron chi connectivity index (χ3n) is 10.6. The van der Waals surface area contributed by atoms with Crippen LogP contribution in [0, 0.1) is 29.1 Å². The third kappa shape index (κ3) is 8.69. The first kappa shape index (κ1) is 43.3. The van der Waals surface area contributed by atoms with Crippen LogP contribution in [0.25, 0.3) is 66.9 Å². The Kier molecular flexibility index (Phi) is 12.3. The molecule has 0 N–H and O–H groups in total. The summed E-state index contributed by atoms with van der Waals surface area (Å²) in [4.78, 5) is 50.7. The minimum Gasteiger partial charge on any atom is -0.305 e. The maximum atomic E-state index is 13.5. The van der Waals surface area contributed by atoms with Gasteiger partial charge in [0.2, 0.25) is 0 Å². The Morgan fingerprint density at radius 2 is 0.922 bits per heavy atom. The number of hydrogen-bond donors (Lipinski definition) is 0. The largest absolute Gasteiger partial charge is 0.305 e. The van der Waals surface area contributed by atoms with Gasteiger partial charge in [0.25, 0.3) is 16.7 Å². The van der Waals surface area contributed by atoms with E-state index in [1.54, 1.807) is 38.1 Å². The van der Waals surface area contributed by atoms with Crippen molar-refractivity contribution >= 4 is 44.7 Å². The van der Waals surface area contributed by atoms with Gasteiger partial charge in [0.1, 0.15) is 22.9 Å². The van der Waals surface area contributed by atoms with Crippen LogP contribution in [0.2, 0.25) is 5.02 Å². The predicted molar refractivity (Wildman–Crippen MR) is 239 cm³/mol. The van der Waals surface area contributed by atoms with Gasteiger partial charge in [-0.25, -0.2) is 36.9 Å². The van der Waals surface area contributed by atoms with E-state index in [9.17, 15) is 36.3 Å². The number of benzene rings is 6. The van der Waals surface area contributed by atoms with Gasteiger partial charge in [0.15, 0.2) is 23.3 Å². The van der Waals surface area contributed by atoms with E-state index in [1.165, 1.54) is 33.4 Å². The molecular weight excluding hydrogens is 851 g/mol. The van der Waals surface area contributed by atoms with E-state index >= 15 is 0 Å². The summed E-state index contributed by atoms with van der Waals surface area (Å²) < 4.78 is 71.3. The molecule has 0 unspecified atom stereocenters. The average molecular weight is 887 g/mol. The predicted octanol–water partition coefficient (Wildman–Crippen LogP) is 10.9. The topological polar surface area (TPSA) is 105 Å². The second-order valence-electron chi connectivity index (χ2n) is 14.8. The number of fused-ring (bicyclic) bond motifs is 3. The van der Waals surface area contributed by atoms with Crippen molar-refractivity contribution in [1.29, 1.82) is 0 Å². The zero-order valence-corrected chi connectivity index (χ0v) is 35.0. The second-order valence-corrected chi connectivity index (χ2v) is 15.2. The number of hydrogen-bond acceptors (Lipinski definition) is 6. The van der Waals surface area contributed by atoms with Crippen molar-refractivity contribution in [2.75, 3.05) is 0 Å². The lowest BCUT2D eigenvalue weighted by atomic mass is 10.1. The lowest BCUT2D eigenvalue weighted by molar-refractivity contribution is 0.509. The highest BCUT2D eigenvalue weighted by molar-refractivity contribution is 6.30. The SMILES string of the molecule is CCn1c(=O)c(-c2ccc(Cl)cc2)nc2cc(F)c(F)cc21.CCn1c(=O)c(-c2ccc(F)cc2)nc2cc(F)c(F)cc21.O=c1c(-c2ccccc2)nc2ccccc2n1C1CC1. The molecule has 15 heteroatoms. The van der Waals surface area contributed by atoms with E-state index in [-0.39, 0.29) is 51.1 Å². The highest BCUT2D eigenvalue weighted by Gasteiger charge is 2.28. The minimum atomic E-state index is -1.04. The second kappa shape index (κ2) is 18.2. The molecule has 0 bridgehead atoms. The number of para-hydroxylation sites is 2. The maximum absolute atomic E-state index is 13.5. The van der Waals surface area contributed by atoms with Crippen molar-refractivity contribution in [2.24, 2.45) is 0 Å². The molecule has 1 saturated carbocycles. The van der Waals surface area contributed by atoms with Crippen LogP contribution >= 0.6 is 11.6 Å². The van der Waals surface area contributed by atoms with Crippen molar-refractivity contribution < 1.29 is 22.0 Å². The molecule has 1 aliphatic carbocycles. The molecule has 0 atom stereocenters. The van der Waals surface area contributed by atoms with Gasteiger partial charge in [-0.15, -0.1) is 0 Å². The summed E-state index contributed by atoms with van der Waals surface area (Å²) in [6.07, 6.45) is 2.17. The van der Waals surface area contributed by atoms with Crippen LogP contribution in [0.1, 0.15) is 32.7 Å². The van der Waals surface area contributed by atoms with Gasteiger partial charge in [-0.3, -0.25) is 14.4 Å². The fraction of sp³-hybridized carbons (Fsp3) is 0.143. The highest BCUT2D eigenvalue weighted by Crippen LogP contribution is 2.36. The fourth-order valence-electron chi connectivity index (χ4n) is 7.33. The lowest BCUT2D eigenvalue weighted by Crippen LogP contribution is -2.23. The van der Waals surface area contributed by atoms with Crippen LogP contribution in [-0.2, 0) is 13.1 Å². The first-order chi connectivity index (χ1) is 30.9. The van der Waals surface area contributed by atoms with Gasteiger partial charge in [0.05, 0.1) is 33.1 Å². The quantitative estimate of drug-likeness (QED) is 0.154. The zero-order valence-electron chi connectivity index (χ0n) is 34.2. The van der Waals surface area contributed by atoms with Crippen molar-refractivity contribution in [2.45, 2.75) is 45.8 Å². The summed E-state index contributed by atoms with van der Waals surface area (Å²) in [6, 6.07) is 33.7. The van der Waals surface area contributed by atoms with E-state index in [1.807, 2.05) is 59.2 Å².